The van der Waals surface area contributed by atoms with Crippen molar-refractivity contribution in [2.75, 3.05) is 23.7 Å². The summed E-state index contributed by atoms with van der Waals surface area (Å²) in [5.41, 5.74) is 7.38. The summed E-state index contributed by atoms with van der Waals surface area (Å²) in [6, 6.07) is 7.32. The van der Waals surface area contributed by atoms with Gasteiger partial charge in [0.25, 0.3) is 0 Å². The third-order valence-corrected chi connectivity index (χ3v) is 7.58. The van der Waals surface area contributed by atoms with Gasteiger partial charge in [0, 0.05) is 47.8 Å². The molecule has 2 atom stereocenters. The number of hydrogen-bond donors (Lipinski definition) is 2. The number of anilines is 2. The van der Waals surface area contributed by atoms with Gasteiger partial charge in [0.2, 0.25) is 0 Å². The van der Waals surface area contributed by atoms with E-state index in [0.29, 0.717) is 40.2 Å². The van der Waals surface area contributed by atoms with Gasteiger partial charge in [-0.1, -0.05) is 11.3 Å². The third-order valence-electron chi connectivity index (χ3n) is 6.69. The second-order valence-electron chi connectivity index (χ2n) is 8.98. The molecule has 2 bridgehead atoms. The lowest BCUT2D eigenvalue weighted by Gasteiger charge is -2.34. The van der Waals surface area contributed by atoms with Crippen LogP contribution in [0.3, 0.4) is 0 Å². The minimum absolute atomic E-state index is 0.183. The smallest absolute Gasteiger partial charge is 0.181 e. The Kier molecular flexibility index (Phi) is 5.12. The Morgan fingerprint density at radius 3 is 2.69 bits per heavy atom. The molecule has 2 aromatic carbocycles. The van der Waals surface area contributed by atoms with E-state index in [1.54, 1.807) is 13.0 Å². The molecule has 2 aliphatic heterocycles. The number of nitrogens with zero attached hydrogens (tertiary/aromatic N) is 5. The number of nitrogens with one attached hydrogen (secondary N) is 1. The number of allylic oxidation sites excluding steroid dienone is 1. The lowest BCUT2D eigenvalue weighted by Crippen LogP contribution is -2.51. The highest BCUT2D eigenvalue weighted by atomic mass is 32.1. The van der Waals surface area contributed by atoms with E-state index in [4.69, 9.17) is 10.7 Å². The molecule has 0 radical (unpaired) electrons. The van der Waals surface area contributed by atoms with Crippen LogP contribution >= 0.6 is 11.3 Å². The molecule has 7 nitrogen and oxygen atoms in total. The topological polar surface area (TPSA) is 104 Å². The Hall–Kier alpha value is -3.68. The van der Waals surface area contributed by atoms with Crippen molar-refractivity contribution in [2.45, 2.75) is 31.8 Å². The lowest BCUT2D eigenvalue weighted by molar-refractivity contribution is 0.464. The average molecular weight is 490 g/mol. The Morgan fingerprint density at radius 2 is 1.94 bits per heavy atom. The molecule has 2 fully saturated rings. The summed E-state index contributed by atoms with van der Waals surface area (Å²) in [7, 11) is 0. The number of aromatic nitrogens is 3. The molecule has 3 N–H and O–H groups in total. The second kappa shape index (κ2) is 8.22. The minimum atomic E-state index is -0.565. The van der Waals surface area contributed by atoms with Gasteiger partial charge >= 0.3 is 0 Å². The van der Waals surface area contributed by atoms with Crippen LogP contribution in [0.5, 0.6) is 0 Å². The SMILES string of the molecule is Cc1nc(N2CC3CCC(C2)N3)c2cc(/C=C/C#N)c(-c3ccc(F)c4sc(N)nc34)c(F)c2n1. The van der Waals surface area contributed by atoms with Gasteiger partial charge in [0.1, 0.15) is 23.0 Å². The van der Waals surface area contributed by atoms with Crippen molar-refractivity contribution in [3.05, 3.63) is 47.3 Å². The van der Waals surface area contributed by atoms with E-state index >= 15 is 4.39 Å². The van der Waals surface area contributed by atoms with E-state index in [1.807, 2.05) is 12.1 Å². The van der Waals surface area contributed by atoms with E-state index in [1.165, 1.54) is 18.2 Å². The van der Waals surface area contributed by atoms with Crippen LogP contribution in [0, 0.1) is 29.9 Å². The number of nitrogen functional groups attached to an aromatic ring is 1. The third kappa shape index (κ3) is 3.59. The molecule has 10 heteroatoms. The number of nitriles is 1. The lowest BCUT2D eigenvalue weighted by atomic mass is 9.95. The molecular formula is C25H21F2N7S. The van der Waals surface area contributed by atoms with Crippen LogP contribution in [-0.2, 0) is 0 Å². The number of rotatable bonds is 3. The molecule has 2 aromatic heterocycles. The number of benzene rings is 2. The molecule has 4 aromatic rings. The second-order valence-corrected chi connectivity index (χ2v) is 10.0. The fourth-order valence-corrected chi connectivity index (χ4v) is 6.04. The first kappa shape index (κ1) is 21.8. The molecule has 2 saturated heterocycles. The summed E-state index contributed by atoms with van der Waals surface area (Å²) in [4.78, 5) is 15.6. The van der Waals surface area contributed by atoms with Gasteiger partial charge in [-0.3, -0.25) is 0 Å². The molecule has 2 aliphatic rings. The number of nitrogens with two attached hydrogens (primary N) is 1. The van der Waals surface area contributed by atoms with Gasteiger partial charge in [-0.2, -0.15) is 5.26 Å². The summed E-state index contributed by atoms with van der Waals surface area (Å²) in [6.45, 7) is 3.32. The highest BCUT2D eigenvalue weighted by Crippen LogP contribution is 2.41. The van der Waals surface area contributed by atoms with E-state index in [0.717, 1.165) is 37.3 Å². The molecule has 6 rings (SSSR count). The van der Waals surface area contributed by atoms with E-state index in [9.17, 15) is 9.65 Å². The van der Waals surface area contributed by atoms with Crippen molar-refractivity contribution in [1.29, 1.82) is 5.26 Å². The molecule has 35 heavy (non-hydrogen) atoms. The van der Waals surface area contributed by atoms with Crippen LogP contribution in [0.4, 0.5) is 19.7 Å². The maximum absolute atomic E-state index is 16.4. The van der Waals surface area contributed by atoms with Crippen LogP contribution in [-0.4, -0.2) is 40.1 Å². The quantitative estimate of drug-likeness (QED) is 0.407. The predicted molar refractivity (Wildman–Crippen MR) is 134 cm³/mol. The largest absolute Gasteiger partial charge is 0.375 e. The zero-order chi connectivity index (χ0) is 24.3. The molecule has 0 saturated carbocycles. The zero-order valence-corrected chi connectivity index (χ0v) is 19.7. The summed E-state index contributed by atoms with van der Waals surface area (Å²) >= 11 is 1.01. The fourth-order valence-electron chi connectivity index (χ4n) is 5.28. The molecular weight excluding hydrogens is 468 g/mol. The van der Waals surface area contributed by atoms with Crippen molar-refractivity contribution in [3.8, 4) is 17.2 Å². The van der Waals surface area contributed by atoms with Gasteiger partial charge in [-0.15, -0.1) is 0 Å². The highest BCUT2D eigenvalue weighted by molar-refractivity contribution is 7.22. The van der Waals surface area contributed by atoms with Gasteiger partial charge in [-0.25, -0.2) is 23.7 Å². The molecule has 0 amide bonds. The fraction of sp³-hybridized carbons (Fsp3) is 0.280. The zero-order valence-electron chi connectivity index (χ0n) is 18.8. The molecule has 0 aliphatic carbocycles. The summed E-state index contributed by atoms with van der Waals surface area (Å²) < 4.78 is 31.1. The van der Waals surface area contributed by atoms with Crippen molar-refractivity contribution in [2.24, 2.45) is 0 Å². The molecule has 0 spiro atoms. The standard InChI is InChI=1S/C25H21F2N7S/c1-12-30-21-17(24(31-12)34-10-14-4-5-15(11-34)32-14)9-13(3-2-8-28)19(20(21)27)16-6-7-18(26)23-22(16)33-25(29)35-23/h2-3,6-7,9,14-15,32H,4-5,10-11H2,1H3,(H2,29,33)/b3-2+. The predicted octanol–water partition coefficient (Wildman–Crippen LogP) is 4.55. The van der Waals surface area contributed by atoms with Crippen molar-refractivity contribution in [3.63, 3.8) is 0 Å². The number of aryl methyl sites for hydroxylation is 1. The summed E-state index contributed by atoms with van der Waals surface area (Å²) in [6.07, 6.45) is 5.05. The molecule has 2 unspecified atom stereocenters. The highest BCUT2D eigenvalue weighted by Gasteiger charge is 2.34. The Labute approximate surface area is 203 Å². The van der Waals surface area contributed by atoms with E-state index < -0.39 is 11.6 Å². The van der Waals surface area contributed by atoms with Gasteiger partial charge in [-0.05, 0) is 49.6 Å². The molecule has 4 heterocycles. The first-order valence-corrected chi connectivity index (χ1v) is 12.2. The molecule has 176 valence electrons. The number of halogens is 2. The summed E-state index contributed by atoms with van der Waals surface area (Å²) in [5.74, 6) is 0.113. The Balaban J connectivity index is 1.63. The minimum Gasteiger partial charge on any atom is -0.375 e. The van der Waals surface area contributed by atoms with Crippen LogP contribution in [0.15, 0.2) is 24.3 Å². The number of piperazine rings is 1. The number of hydrogen-bond acceptors (Lipinski definition) is 8. The van der Waals surface area contributed by atoms with Gasteiger partial charge < -0.3 is 16.0 Å². The van der Waals surface area contributed by atoms with E-state index in [-0.39, 0.29) is 26.4 Å². The maximum Gasteiger partial charge on any atom is 0.181 e. The van der Waals surface area contributed by atoms with Crippen molar-refractivity contribution in [1.82, 2.24) is 20.3 Å². The normalized spacial score (nSPS) is 19.8. The first-order chi connectivity index (χ1) is 16.9. The van der Waals surface area contributed by atoms with E-state index in [2.05, 4.69) is 20.2 Å². The van der Waals surface area contributed by atoms with Crippen molar-refractivity contribution >= 4 is 49.5 Å². The number of fused-ring (bicyclic) bond motifs is 4. The number of thiazole rings is 1. The Morgan fingerprint density at radius 1 is 1.17 bits per heavy atom. The Bertz CT molecular complexity index is 1560. The van der Waals surface area contributed by atoms with Crippen LogP contribution < -0.4 is 16.0 Å². The maximum atomic E-state index is 16.4. The van der Waals surface area contributed by atoms with Gasteiger partial charge in [0.05, 0.1) is 16.3 Å². The average Bonchev–Trinajstić information content (AvgIpc) is 3.40. The summed E-state index contributed by atoms with van der Waals surface area (Å²) in [5, 5.41) is 13.6. The van der Waals surface area contributed by atoms with Crippen LogP contribution in [0.1, 0.15) is 24.2 Å². The first-order valence-electron chi connectivity index (χ1n) is 11.4. The van der Waals surface area contributed by atoms with Crippen LogP contribution in [0.25, 0.3) is 38.3 Å². The van der Waals surface area contributed by atoms with Crippen LogP contribution in [0.2, 0.25) is 0 Å². The van der Waals surface area contributed by atoms with Gasteiger partial charge in [0.15, 0.2) is 10.9 Å². The monoisotopic (exact) mass is 489 g/mol. The van der Waals surface area contributed by atoms with Crippen molar-refractivity contribution < 1.29 is 8.78 Å².